The molecule has 2 heterocycles. The summed E-state index contributed by atoms with van der Waals surface area (Å²) < 4.78 is 6.97. The summed E-state index contributed by atoms with van der Waals surface area (Å²) in [7, 11) is 0. The molecule has 0 atom stereocenters. The van der Waals surface area contributed by atoms with Crippen LogP contribution >= 0.6 is 0 Å². The summed E-state index contributed by atoms with van der Waals surface area (Å²) in [5, 5.41) is 17.6. The van der Waals surface area contributed by atoms with Crippen LogP contribution in [0.3, 0.4) is 0 Å². The quantitative estimate of drug-likeness (QED) is 0.112. The van der Waals surface area contributed by atoms with Gasteiger partial charge in [0.15, 0.2) is 5.76 Å². The highest BCUT2D eigenvalue weighted by atomic mass is 16.6. The average Bonchev–Trinajstić information content (AvgIpc) is 3.51. The van der Waals surface area contributed by atoms with Crippen molar-refractivity contribution in [2.45, 2.75) is 116 Å². The minimum Gasteiger partial charge on any atom is -0.454 e. The Balaban J connectivity index is 1.41. The van der Waals surface area contributed by atoms with Crippen LogP contribution in [0, 0.1) is 10.1 Å². The number of nitrogens with one attached hydrogen (secondary N) is 1. The van der Waals surface area contributed by atoms with Gasteiger partial charge in [0.25, 0.3) is 5.91 Å². The molecular formula is C27H44N4O4. The van der Waals surface area contributed by atoms with Gasteiger partial charge >= 0.3 is 5.69 Å². The van der Waals surface area contributed by atoms with Gasteiger partial charge < -0.3 is 9.73 Å². The molecule has 0 unspecified atom stereocenters. The monoisotopic (exact) mass is 488 g/mol. The number of unbranched alkanes of at least 4 members (excludes halogenated alkanes) is 15. The molecule has 8 heteroatoms. The van der Waals surface area contributed by atoms with Gasteiger partial charge in [0.1, 0.15) is 18.2 Å². The van der Waals surface area contributed by atoms with E-state index in [4.69, 9.17) is 4.42 Å². The Morgan fingerprint density at radius 1 is 0.914 bits per heavy atom. The summed E-state index contributed by atoms with van der Waals surface area (Å²) in [5.74, 6) is 0.539. The van der Waals surface area contributed by atoms with E-state index in [0.717, 1.165) is 12.8 Å². The standard InChI is InChI=1S/C27H44N4O4/c1-2-3-4-5-6-7-8-9-10-11-12-13-14-15-16-17-20-28-27(32)26-19-18-25(35-26)23-30-22-24(21-29-30)31(33)34/h18-19,21-22H,2-17,20,23H2,1H3,(H,28,32). The van der Waals surface area contributed by atoms with Crippen LogP contribution in [-0.4, -0.2) is 27.2 Å². The van der Waals surface area contributed by atoms with Crippen molar-refractivity contribution in [2.24, 2.45) is 0 Å². The molecule has 0 aromatic carbocycles. The Morgan fingerprint density at radius 2 is 1.46 bits per heavy atom. The van der Waals surface area contributed by atoms with Crippen molar-refractivity contribution in [3.05, 3.63) is 46.2 Å². The molecule has 0 saturated heterocycles. The summed E-state index contributed by atoms with van der Waals surface area (Å²) in [4.78, 5) is 22.5. The Labute approximate surface area is 210 Å². The fourth-order valence-corrected chi connectivity index (χ4v) is 4.24. The predicted molar refractivity (Wildman–Crippen MR) is 139 cm³/mol. The SMILES string of the molecule is CCCCCCCCCCCCCCCCCCNC(=O)c1ccc(Cn2cc([N+](=O)[O-])cn2)o1. The Kier molecular flexibility index (Phi) is 14.5. The second-order valence-corrected chi connectivity index (χ2v) is 9.48. The first kappa shape index (κ1) is 28.6. The Hall–Kier alpha value is -2.64. The number of nitro groups is 1. The first-order valence-corrected chi connectivity index (χ1v) is 13.6. The maximum atomic E-state index is 12.2. The van der Waals surface area contributed by atoms with Gasteiger partial charge in [0, 0.05) is 6.54 Å². The lowest BCUT2D eigenvalue weighted by molar-refractivity contribution is -0.385. The van der Waals surface area contributed by atoms with Crippen LogP contribution in [0.2, 0.25) is 0 Å². The number of rotatable bonds is 21. The van der Waals surface area contributed by atoms with Gasteiger partial charge in [0.2, 0.25) is 0 Å². The lowest BCUT2D eigenvalue weighted by atomic mass is 10.0. The van der Waals surface area contributed by atoms with Gasteiger partial charge in [-0.25, -0.2) is 0 Å². The second kappa shape index (κ2) is 17.7. The lowest BCUT2D eigenvalue weighted by Crippen LogP contribution is -2.23. The molecule has 0 fully saturated rings. The fourth-order valence-electron chi connectivity index (χ4n) is 4.24. The number of hydrogen-bond acceptors (Lipinski definition) is 5. The number of carbonyl (C=O) groups is 1. The van der Waals surface area contributed by atoms with Gasteiger partial charge in [-0.2, -0.15) is 5.10 Å². The van der Waals surface area contributed by atoms with E-state index >= 15 is 0 Å². The molecule has 0 saturated carbocycles. The van der Waals surface area contributed by atoms with Gasteiger partial charge in [0.05, 0.1) is 11.5 Å². The van der Waals surface area contributed by atoms with Crippen molar-refractivity contribution < 1.29 is 14.1 Å². The molecule has 196 valence electrons. The molecular weight excluding hydrogens is 444 g/mol. The van der Waals surface area contributed by atoms with Crippen molar-refractivity contribution in [3.8, 4) is 0 Å². The molecule has 2 rings (SSSR count). The Bertz CT molecular complexity index is 846. The van der Waals surface area contributed by atoms with Crippen molar-refractivity contribution in [1.29, 1.82) is 0 Å². The van der Waals surface area contributed by atoms with Gasteiger partial charge in [-0.3, -0.25) is 19.6 Å². The molecule has 0 bridgehead atoms. The molecule has 1 amide bonds. The minimum atomic E-state index is -0.497. The highest BCUT2D eigenvalue weighted by Gasteiger charge is 2.13. The smallest absolute Gasteiger partial charge is 0.307 e. The van der Waals surface area contributed by atoms with Crippen molar-refractivity contribution in [1.82, 2.24) is 15.1 Å². The third kappa shape index (κ3) is 12.6. The topological polar surface area (TPSA) is 103 Å². The number of amides is 1. The molecule has 2 aromatic rings. The van der Waals surface area contributed by atoms with E-state index in [2.05, 4.69) is 17.3 Å². The van der Waals surface area contributed by atoms with Crippen LogP contribution < -0.4 is 5.32 Å². The third-order valence-electron chi connectivity index (χ3n) is 6.35. The van der Waals surface area contributed by atoms with E-state index in [1.54, 1.807) is 12.1 Å². The zero-order chi connectivity index (χ0) is 25.1. The Morgan fingerprint density at radius 3 is 1.97 bits per heavy atom. The van der Waals surface area contributed by atoms with E-state index in [1.165, 1.54) is 107 Å². The highest BCUT2D eigenvalue weighted by Crippen LogP contribution is 2.15. The molecule has 1 N–H and O–H groups in total. The number of furan rings is 1. The van der Waals surface area contributed by atoms with E-state index < -0.39 is 4.92 Å². The predicted octanol–water partition coefficient (Wildman–Crippen LogP) is 7.42. The summed E-state index contributed by atoms with van der Waals surface area (Å²) >= 11 is 0. The van der Waals surface area contributed by atoms with Crippen LogP contribution in [0.4, 0.5) is 5.69 Å². The van der Waals surface area contributed by atoms with Gasteiger partial charge in [-0.05, 0) is 18.6 Å². The van der Waals surface area contributed by atoms with E-state index in [1.807, 2.05) is 0 Å². The first-order valence-electron chi connectivity index (χ1n) is 13.6. The number of aromatic nitrogens is 2. The van der Waals surface area contributed by atoms with Crippen LogP contribution in [0.25, 0.3) is 0 Å². The van der Waals surface area contributed by atoms with Crippen LogP contribution in [0.5, 0.6) is 0 Å². The summed E-state index contributed by atoms with van der Waals surface area (Å²) in [5.41, 5.74) is -0.0756. The van der Waals surface area contributed by atoms with Gasteiger partial charge in [-0.15, -0.1) is 0 Å². The van der Waals surface area contributed by atoms with Gasteiger partial charge in [-0.1, -0.05) is 103 Å². The van der Waals surface area contributed by atoms with Crippen molar-refractivity contribution >= 4 is 11.6 Å². The summed E-state index contributed by atoms with van der Waals surface area (Å²) in [6.07, 6.45) is 23.7. The molecule has 0 spiro atoms. The molecule has 2 aromatic heterocycles. The second-order valence-electron chi connectivity index (χ2n) is 9.48. The molecule has 0 aliphatic carbocycles. The molecule has 0 radical (unpaired) electrons. The number of carbonyl (C=O) groups excluding carboxylic acids is 1. The summed E-state index contributed by atoms with van der Waals surface area (Å²) in [6.45, 7) is 3.14. The molecule has 35 heavy (non-hydrogen) atoms. The maximum absolute atomic E-state index is 12.2. The zero-order valence-corrected chi connectivity index (χ0v) is 21.5. The van der Waals surface area contributed by atoms with E-state index in [9.17, 15) is 14.9 Å². The molecule has 8 nitrogen and oxygen atoms in total. The maximum Gasteiger partial charge on any atom is 0.307 e. The highest BCUT2D eigenvalue weighted by molar-refractivity contribution is 5.91. The van der Waals surface area contributed by atoms with Crippen LogP contribution in [0.1, 0.15) is 126 Å². The summed E-state index contributed by atoms with van der Waals surface area (Å²) in [6, 6.07) is 3.31. The fraction of sp³-hybridized carbons (Fsp3) is 0.704. The zero-order valence-electron chi connectivity index (χ0n) is 21.5. The van der Waals surface area contributed by atoms with E-state index in [-0.39, 0.29) is 23.9 Å². The van der Waals surface area contributed by atoms with Crippen molar-refractivity contribution in [3.63, 3.8) is 0 Å². The molecule has 0 aliphatic heterocycles. The number of nitrogens with zero attached hydrogens (tertiary/aromatic N) is 3. The average molecular weight is 489 g/mol. The van der Waals surface area contributed by atoms with E-state index in [0.29, 0.717) is 12.3 Å². The minimum absolute atomic E-state index is 0.0756. The lowest BCUT2D eigenvalue weighted by Gasteiger charge is -2.05. The number of hydrogen-bond donors (Lipinski definition) is 1. The third-order valence-corrected chi connectivity index (χ3v) is 6.35. The first-order chi connectivity index (χ1) is 17.1. The van der Waals surface area contributed by atoms with Crippen molar-refractivity contribution in [2.75, 3.05) is 6.54 Å². The normalized spacial score (nSPS) is 11.1. The molecule has 0 aliphatic rings. The van der Waals surface area contributed by atoms with Crippen LogP contribution in [-0.2, 0) is 6.54 Å². The largest absolute Gasteiger partial charge is 0.454 e. The van der Waals surface area contributed by atoms with Crippen LogP contribution in [0.15, 0.2) is 28.9 Å².